The number of nitrogens with two attached hydrogens (primary N) is 1. The third-order valence-electron chi connectivity index (χ3n) is 1.58. The maximum atomic E-state index is 12.1. The lowest BCUT2D eigenvalue weighted by molar-refractivity contribution is -0.137. The second-order valence-corrected chi connectivity index (χ2v) is 2.72. The molecule has 1 aromatic heterocycles. The molecule has 2 N–H and O–H groups in total. The zero-order valence-electron chi connectivity index (χ0n) is 7.22. The summed E-state index contributed by atoms with van der Waals surface area (Å²) in [4.78, 5) is 14.2. The zero-order valence-corrected chi connectivity index (χ0v) is 7.22. The van der Waals surface area contributed by atoms with E-state index in [0.29, 0.717) is 12.3 Å². The number of nitrogens with zero attached hydrogens (tertiary/aromatic N) is 1. The molecule has 76 valence electrons. The number of ketones is 1. The van der Waals surface area contributed by atoms with Gasteiger partial charge in [-0.05, 0) is 6.07 Å². The molecule has 0 aliphatic rings. The van der Waals surface area contributed by atoms with Gasteiger partial charge in [0.05, 0.1) is 11.3 Å². The minimum absolute atomic E-state index is 0.141. The van der Waals surface area contributed by atoms with Gasteiger partial charge in [0.2, 0.25) is 0 Å². The predicted octanol–water partition coefficient (Wildman–Crippen LogP) is 1.89. The van der Waals surface area contributed by atoms with E-state index in [0.717, 1.165) is 0 Å². The molecule has 0 saturated heterocycles. The van der Waals surface area contributed by atoms with Gasteiger partial charge in [0.15, 0.2) is 5.78 Å². The van der Waals surface area contributed by atoms with E-state index >= 15 is 0 Å². The van der Waals surface area contributed by atoms with E-state index in [1.165, 1.54) is 6.92 Å². The Balaban J connectivity index is 3.20. The van der Waals surface area contributed by atoms with Crippen LogP contribution in [0.3, 0.4) is 0 Å². The number of Topliss-reactive ketones (excluding diaryl/α,β-unsaturated/α-hetero) is 1. The Hall–Kier alpha value is -1.59. The summed E-state index contributed by atoms with van der Waals surface area (Å²) in [6.45, 7) is 1.19. The fourth-order valence-corrected chi connectivity index (χ4v) is 0.931. The van der Waals surface area contributed by atoms with Gasteiger partial charge in [0, 0.05) is 13.1 Å². The molecule has 0 aliphatic carbocycles. The van der Waals surface area contributed by atoms with Crippen LogP contribution in [0.25, 0.3) is 0 Å². The van der Waals surface area contributed by atoms with Gasteiger partial charge < -0.3 is 5.73 Å². The third kappa shape index (κ3) is 2.01. The minimum atomic E-state index is -4.49. The molecule has 0 atom stereocenters. The van der Waals surface area contributed by atoms with Crippen LogP contribution in [0.15, 0.2) is 12.3 Å². The first-order valence-corrected chi connectivity index (χ1v) is 3.66. The molecule has 6 heteroatoms. The summed E-state index contributed by atoms with van der Waals surface area (Å²) in [5, 5.41) is 0. The Morgan fingerprint density at radius 2 is 2.07 bits per heavy atom. The highest BCUT2D eigenvalue weighted by atomic mass is 19.4. The molecule has 0 aromatic carbocycles. The van der Waals surface area contributed by atoms with Crippen molar-refractivity contribution in [3.8, 4) is 0 Å². The number of hydrogen-bond donors (Lipinski definition) is 1. The highest BCUT2D eigenvalue weighted by molar-refractivity contribution is 5.96. The Morgan fingerprint density at radius 1 is 1.50 bits per heavy atom. The van der Waals surface area contributed by atoms with Gasteiger partial charge >= 0.3 is 6.18 Å². The second-order valence-electron chi connectivity index (χ2n) is 2.72. The van der Waals surface area contributed by atoms with Gasteiger partial charge in [-0.15, -0.1) is 0 Å². The molecular formula is C8H7F3N2O. The first-order chi connectivity index (χ1) is 6.32. The fourth-order valence-electron chi connectivity index (χ4n) is 0.931. The van der Waals surface area contributed by atoms with Crippen molar-refractivity contribution in [3.63, 3.8) is 0 Å². The maximum Gasteiger partial charge on any atom is 0.417 e. The number of hydrogen-bond acceptors (Lipinski definition) is 3. The van der Waals surface area contributed by atoms with Crippen molar-refractivity contribution in [2.45, 2.75) is 13.1 Å². The Kier molecular flexibility index (Phi) is 2.46. The summed E-state index contributed by atoms with van der Waals surface area (Å²) in [7, 11) is 0. The third-order valence-corrected chi connectivity index (χ3v) is 1.58. The largest absolute Gasteiger partial charge is 0.417 e. The average molecular weight is 204 g/mol. The predicted molar refractivity (Wildman–Crippen MR) is 43.7 cm³/mol. The summed E-state index contributed by atoms with van der Waals surface area (Å²) in [6, 6.07) is 0.698. The van der Waals surface area contributed by atoms with Gasteiger partial charge in [0.25, 0.3) is 0 Å². The van der Waals surface area contributed by atoms with E-state index in [4.69, 9.17) is 5.73 Å². The molecule has 1 rings (SSSR count). The SMILES string of the molecule is CC(=O)c1ncc(C(F)(F)F)cc1N. The fraction of sp³-hybridized carbons (Fsp3) is 0.250. The number of rotatable bonds is 1. The minimum Gasteiger partial charge on any atom is -0.397 e. The van der Waals surface area contributed by atoms with Gasteiger partial charge in [-0.3, -0.25) is 9.78 Å². The number of carbonyl (C=O) groups excluding carboxylic acids is 1. The van der Waals surface area contributed by atoms with E-state index in [9.17, 15) is 18.0 Å². The van der Waals surface area contributed by atoms with Crippen LogP contribution < -0.4 is 5.73 Å². The lowest BCUT2D eigenvalue weighted by Gasteiger charge is -2.07. The van der Waals surface area contributed by atoms with Gasteiger partial charge in [-0.25, -0.2) is 0 Å². The highest BCUT2D eigenvalue weighted by Crippen LogP contribution is 2.30. The molecule has 1 heterocycles. The molecule has 0 saturated carbocycles. The van der Waals surface area contributed by atoms with Crippen molar-refractivity contribution < 1.29 is 18.0 Å². The number of aromatic nitrogens is 1. The number of nitrogen functional groups attached to an aromatic ring is 1. The van der Waals surface area contributed by atoms with Crippen LogP contribution in [0.2, 0.25) is 0 Å². The summed E-state index contributed by atoms with van der Waals surface area (Å²) < 4.78 is 36.4. The van der Waals surface area contributed by atoms with E-state index in [1.807, 2.05) is 0 Å². The van der Waals surface area contributed by atoms with Crippen LogP contribution in [-0.4, -0.2) is 10.8 Å². The van der Waals surface area contributed by atoms with Crippen molar-refractivity contribution in [2.24, 2.45) is 0 Å². The topological polar surface area (TPSA) is 56.0 Å². The highest BCUT2D eigenvalue weighted by Gasteiger charge is 2.31. The second kappa shape index (κ2) is 3.28. The van der Waals surface area contributed by atoms with Crippen LogP contribution in [0, 0.1) is 0 Å². The van der Waals surface area contributed by atoms with Crippen LogP contribution in [0.5, 0.6) is 0 Å². The number of carbonyl (C=O) groups is 1. The Labute approximate surface area is 77.7 Å². The van der Waals surface area contributed by atoms with Crippen molar-refractivity contribution in [1.29, 1.82) is 0 Å². The van der Waals surface area contributed by atoms with Crippen molar-refractivity contribution in [2.75, 3.05) is 5.73 Å². The van der Waals surface area contributed by atoms with Gasteiger partial charge in [0.1, 0.15) is 5.69 Å². The maximum absolute atomic E-state index is 12.1. The van der Waals surface area contributed by atoms with Crippen molar-refractivity contribution in [1.82, 2.24) is 4.98 Å². The lowest BCUT2D eigenvalue weighted by Crippen LogP contribution is -2.10. The van der Waals surface area contributed by atoms with E-state index in [1.54, 1.807) is 0 Å². The number of pyridine rings is 1. The van der Waals surface area contributed by atoms with E-state index in [-0.39, 0.29) is 11.4 Å². The smallest absolute Gasteiger partial charge is 0.397 e. The first kappa shape index (κ1) is 10.5. The van der Waals surface area contributed by atoms with E-state index < -0.39 is 17.5 Å². The summed E-state index contributed by atoms with van der Waals surface area (Å²) >= 11 is 0. The van der Waals surface area contributed by atoms with Crippen LogP contribution in [0.1, 0.15) is 23.0 Å². The molecule has 0 unspecified atom stereocenters. The lowest BCUT2D eigenvalue weighted by atomic mass is 10.2. The molecule has 0 spiro atoms. The molecule has 0 bridgehead atoms. The zero-order chi connectivity index (χ0) is 10.9. The monoisotopic (exact) mass is 204 g/mol. The number of anilines is 1. The number of alkyl halides is 3. The van der Waals surface area contributed by atoms with Gasteiger partial charge in [-0.2, -0.15) is 13.2 Å². The first-order valence-electron chi connectivity index (χ1n) is 3.66. The summed E-state index contributed by atoms with van der Waals surface area (Å²) in [5.74, 6) is -0.462. The Morgan fingerprint density at radius 3 is 2.43 bits per heavy atom. The standard InChI is InChI=1S/C8H7F3N2O/c1-4(14)7-6(12)2-5(3-13-7)8(9,10)11/h2-3H,12H2,1H3. The van der Waals surface area contributed by atoms with Crippen molar-refractivity contribution >= 4 is 11.5 Å². The van der Waals surface area contributed by atoms with Gasteiger partial charge in [-0.1, -0.05) is 0 Å². The molecule has 0 amide bonds. The normalized spacial score (nSPS) is 11.4. The quantitative estimate of drug-likeness (QED) is 0.710. The summed E-state index contributed by atoms with van der Waals surface area (Å²) in [5.41, 5.74) is 3.88. The molecule has 14 heavy (non-hydrogen) atoms. The van der Waals surface area contributed by atoms with E-state index in [2.05, 4.69) is 4.98 Å². The van der Waals surface area contributed by atoms with Crippen LogP contribution in [-0.2, 0) is 6.18 Å². The average Bonchev–Trinajstić information content (AvgIpc) is 2.01. The molecule has 0 aliphatic heterocycles. The molecule has 0 radical (unpaired) electrons. The molecule has 1 aromatic rings. The summed E-state index contributed by atoms with van der Waals surface area (Å²) in [6.07, 6.45) is -3.90. The molecule has 3 nitrogen and oxygen atoms in total. The Bertz CT molecular complexity index is 373. The molecule has 0 fully saturated rings. The van der Waals surface area contributed by atoms with Crippen LogP contribution >= 0.6 is 0 Å². The van der Waals surface area contributed by atoms with Crippen molar-refractivity contribution in [3.05, 3.63) is 23.5 Å². The van der Waals surface area contributed by atoms with Crippen LogP contribution in [0.4, 0.5) is 18.9 Å². The number of halogens is 3. The molecular weight excluding hydrogens is 197 g/mol.